The quantitative estimate of drug-likeness (QED) is 0.641. The fraction of sp³-hybridized carbons (Fsp3) is 0.333. The van der Waals surface area contributed by atoms with Gasteiger partial charge in [-0.2, -0.15) is 0 Å². The van der Waals surface area contributed by atoms with Gasteiger partial charge in [0, 0.05) is 11.6 Å². The zero-order valence-electron chi connectivity index (χ0n) is 13.8. The molecule has 1 atom stereocenters. The molecule has 5 heteroatoms. The standard InChI is InChI=1S/C18H23NO3Si/c1-23(2,3)22-19-17-13-21-18-11-15(9-10-16(17)18)20-12-14-7-5-4-6-8-14/h4-11,17,19H,12-13H2,1-3H3. The van der Waals surface area contributed by atoms with Crippen LogP contribution in [0.4, 0.5) is 0 Å². The Morgan fingerprint density at radius 2 is 1.91 bits per heavy atom. The molecule has 1 aliphatic heterocycles. The van der Waals surface area contributed by atoms with Crippen LogP contribution in [0.1, 0.15) is 17.2 Å². The largest absolute Gasteiger partial charge is 0.491 e. The molecule has 0 bridgehead atoms. The molecule has 0 spiro atoms. The first kappa shape index (κ1) is 16.0. The maximum absolute atomic E-state index is 5.84. The number of nitrogens with one attached hydrogen (secondary N) is 1. The summed E-state index contributed by atoms with van der Waals surface area (Å²) in [5, 5.41) is 0. The molecule has 0 saturated carbocycles. The molecular formula is C18H23NO3Si. The van der Waals surface area contributed by atoms with Gasteiger partial charge in [-0.3, -0.25) is 0 Å². The van der Waals surface area contributed by atoms with Gasteiger partial charge in [0.15, 0.2) is 0 Å². The summed E-state index contributed by atoms with van der Waals surface area (Å²) in [6.07, 6.45) is 0. The Hall–Kier alpha value is -1.82. The molecule has 0 aliphatic carbocycles. The van der Waals surface area contributed by atoms with Gasteiger partial charge in [0.25, 0.3) is 0 Å². The van der Waals surface area contributed by atoms with Crippen LogP contribution in [0.25, 0.3) is 0 Å². The van der Waals surface area contributed by atoms with Crippen LogP contribution in [-0.4, -0.2) is 14.9 Å². The van der Waals surface area contributed by atoms with Crippen LogP contribution < -0.4 is 15.0 Å². The van der Waals surface area contributed by atoms with Crippen molar-refractivity contribution in [3.63, 3.8) is 0 Å². The number of rotatable bonds is 6. The summed E-state index contributed by atoms with van der Waals surface area (Å²) < 4.78 is 17.4. The summed E-state index contributed by atoms with van der Waals surface area (Å²) in [5.74, 6) is 1.69. The molecular weight excluding hydrogens is 306 g/mol. The molecule has 122 valence electrons. The highest BCUT2D eigenvalue weighted by Gasteiger charge is 2.27. The van der Waals surface area contributed by atoms with E-state index in [1.165, 1.54) is 0 Å². The van der Waals surface area contributed by atoms with Crippen molar-refractivity contribution in [2.45, 2.75) is 32.3 Å². The molecule has 1 aliphatic rings. The van der Waals surface area contributed by atoms with Gasteiger partial charge >= 0.3 is 0 Å². The molecule has 23 heavy (non-hydrogen) atoms. The van der Waals surface area contributed by atoms with E-state index >= 15 is 0 Å². The van der Waals surface area contributed by atoms with Crippen LogP contribution in [-0.2, 0) is 11.1 Å². The van der Waals surface area contributed by atoms with Crippen LogP contribution in [0.5, 0.6) is 11.5 Å². The smallest absolute Gasteiger partial charge is 0.211 e. The normalized spacial score (nSPS) is 16.7. The van der Waals surface area contributed by atoms with Gasteiger partial charge in [-0.05, 0) is 37.3 Å². The zero-order valence-corrected chi connectivity index (χ0v) is 14.8. The minimum absolute atomic E-state index is 0.0832. The van der Waals surface area contributed by atoms with E-state index in [9.17, 15) is 0 Å². The molecule has 0 fully saturated rings. The topological polar surface area (TPSA) is 39.7 Å². The Bertz CT molecular complexity index is 655. The summed E-state index contributed by atoms with van der Waals surface area (Å²) in [6, 6.07) is 16.2. The van der Waals surface area contributed by atoms with E-state index < -0.39 is 8.32 Å². The van der Waals surface area contributed by atoms with Crippen molar-refractivity contribution >= 4 is 8.32 Å². The zero-order chi connectivity index (χ0) is 16.3. The van der Waals surface area contributed by atoms with Crippen molar-refractivity contribution in [2.24, 2.45) is 0 Å². The van der Waals surface area contributed by atoms with Crippen LogP contribution >= 0.6 is 0 Å². The highest BCUT2D eigenvalue weighted by molar-refractivity contribution is 6.69. The van der Waals surface area contributed by atoms with Gasteiger partial charge < -0.3 is 14.0 Å². The molecule has 4 nitrogen and oxygen atoms in total. The monoisotopic (exact) mass is 329 g/mol. The average molecular weight is 329 g/mol. The average Bonchev–Trinajstić information content (AvgIpc) is 2.94. The molecule has 0 radical (unpaired) electrons. The van der Waals surface area contributed by atoms with Gasteiger partial charge in [-0.25, -0.2) is 5.48 Å². The number of hydrogen-bond donors (Lipinski definition) is 1. The fourth-order valence-corrected chi connectivity index (χ4v) is 2.86. The molecule has 2 aromatic carbocycles. The lowest BCUT2D eigenvalue weighted by Crippen LogP contribution is -2.36. The first-order valence-electron chi connectivity index (χ1n) is 7.88. The Kier molecular flexibility index (Phi) is 4.70. The van der Waals surface area contributed by atoms with E-state index in [2.05, 4.69) is 37.3 Å². The maximum Gasteiger partial charge on any atom is 0.211 e. The second-order valence-corrected chi connectivity index (χ2v) is 11.1. The lowest BCUT2D eigenvalue weighted by atomic mass is 10.1. The van der Waals surface area contributed by atoms with E-state index in [4.69, 9.17) is 14.0 Å². The molecule has 0 aromatic heterocycles. The first-order chi connectivity index (χ1) is 11.0. The van der Waals surface area contributed by atoms with Crippen LogP contribution in [0, 0.1) is 0 Å². The van der Waals surface area contributed by atoms with Crippen LogP contribution in [0.2, 0.25) is 19.6 Å². The lowest BCUT2D eigenvalue weighted by Gasteiger charge is -2.20. The molecule has 1 heterocycles. The summed E-state index contributed by atoms with van der Waals surface area (Å²) >= 11 is 0. The summed E-state index contributed by atoms with van der Waals surface area (Å²) in [5.41, 5.74) is 5.42. The van der Waals surface area contributed by atoms with E-state index in [1.54, 1.807) is 0 Å². The first-order valence-corrected chi connectivity index (χ1v) is 11.3. The minimum Gasteiger partial charge on any atom is -0.491 e. The number of hydrogen-bond acceptors (Lipinski definition) is 4. The van der Waals surface area contributed by atoms with Gasteiger partial charge in [0.1, 0.15) is 24.7 Å². The molecule has 0 saturated heterocycles. The predicted octanol–water partition coefficient (Wildman–Crippen LogP) is 4.06. The van der Waals surface area contributed by atoms with E-state index in [-0.39, 0.29) is 6.04 Å². The van der Waals surface area contributed by atoms with Gasteiger partial charge in [-0.15, -0.1) is 0 Å². The van der Waals surface area contributed by atoms with Crippen molar-refractivity contribution in [3.05, 3.63) is 59.7 Å². The molecule has 0 amide bonds. The highest BCUT2D eigenvalue weighted by atomic mass is 28.4. The third kappa shape index (κ3) is 4.34. The fourth-order valence-electron chi connectivity index (χ4n) is 2.37. The van der Waals surface area contributed by atoms with Gasteiger partial charge in [0.05, 0.1) is 6.04 Å². The second kappa shape index (κ2) is 6.74. The summed E-state index contributed by atoms with van der Waals surface area (Å²) in [7, 11) is -1.60. The van der Waals surface area contributed by atoms with Gasteiger partial charge in [0.2, 0.25) is 8.32 Å². The Morgan fingerprint density at radius 3 is 2.65 bits per heavy atom. The molecule has 2 aromatic rings. The number of benzene rings is 2. The Labute approximate surface area is 138 Å². The van der Waals surface area contributed by atoms with E-state index in [1.807, 2.05) is 36.4 Å². The maximum atomic E-state index is 5.84. The molecule has 3 rings (SSSR count). The van der Waals surface area contributed by atoms with Crippen LogP contribution in [0.15, 0.2) is 48.5 Å². The summed E-state index contributed by atoms with van der Waals surface area (Å²) in [6.45, 7) is 7.59. The molecule has 1 unspecified atom stereocenters. The van der Waals surface area contributed by atoms with E-state index in [0.29, 0.717) is 13.2 Å². The third-order valence-corrected chi connectivity index (χ3v) is 4.25. The van der Waals surface area contributed by atoms with Crippen molar-refractivity contribution in [3.8, 4) is 11.5 Å². The van der Waals surface area contributed by atoms with E-state index in [0.717, 1.165) is 22.6 Å². The SMILES string of the molecule is C[Si](C)(C)ONC1COc2cc(OCc3ccccc3)ccc21. The number of fused-ring (bicyclic) bond motifs is 1. The van der Waals surface area contributed by atoms with Crippen molar-refractivity contribution in [2.75, 3.05) is 6.61 Å². The van der Waals surface area contributed by atoms with Crippen molar-refractivity contribution in [1.29, 1.82) is 0 Å². The lowest BCUT2D eigenvalue weighted by molar-refractivity contribution is 0.131. The highest BCUT2D eigenvalue weighted by Crippen LogP contribution is 2.35. The predicted molar refractivity (Wildman–Crippen MR) is 93.0 cm³/mol. The number of hydroxylamine groups is 1. The number of ether oxygens (including phenoxy) is 2. The second-order valence-electron chi connectivity index (χ2n) is 6.67. The molecule has 1 N–H and O–H groups in total. The third-order valence-electron chi connectivity index (χ3n) is 3.52. The minimum atomic E-state index is -1.60. The van der Waals surface area contributed by atoms with Gasteiger partial charge in [-0.1, -0.05) is 30.3 Å². The van der Waals surface area contributed by atoms with Crippen LogP contribution in [0.3, 0.4) is 0 Å². The van der Waals surface area contributed by atoms with Crippen molar-refractivity contribution in [1.82, 2.24) is 5.48 Å². The van der Waals surface area contributed by atoms with Crippen molar-refractivity contribution < 1.29 is 14.0 Å². The Morgan fingerprint density at radius 1 is 1.13 bits per heavy atom. The summed E-state index contributed by atoms with van der Waals surface area (Å²) in [4.78, 5) is 0. The Balaban J connectivity index is 1.62.